The molecule has 0 spiro atoms. The molecule has 0 fully saturated rings. The largest absolute Gasteiger partial charge is 0.379 e. The Hall–Kier alpha value is -2.24. The van der Waals surface area contributed by atoms with Gasteiger partial charge in [-0.3, -0.25) is 0 Å². The zero-order valence-electron chi connectivity index (χ0n) is 13.7. The molecule has 0 saturated heterocycles. The molecule has 0 aliphatic heterocycles. The van der Waals surface area contributed by atoms with Gasteiger partial charge in [-0.15, -0.1) is 0 Å². The highest BCUT2D eigenvalue weighted by Crippen LogP contribution is 2.68. The molecule has 25 heavy (non-hydrogen) atoms. The molecule has 0 atom stereocenters. The maximum Gasteiger partial charge on any atom is 0.379 e. The number of hydrogen-bond acceptors (Lipinski definition) is 1. The lowest BCUT2D eigenvalue weighted by Crippen LogP contribution is -2.05. The zero-order chi connectivity index (χ0) is 18.1. The van der Waals surface area contributed by atoms with E-state index in [0.29, 0.717) is 0 Å². The Morgan fingerprint density at radius 2 is 0.840 bits per heavy atom. The van der Waals surface area contributed by atoms with E-state index < -0.39 is 17.0 Å². The molecule has 5 heteroatoms. The average molecular weight is 364 g/mol. The fourth-order valence-corrected chi connectivity index (χ4v) is 5.55. The summed E-state index contributed by atoms with van der Waals surface area (Å²) in [6.07, 6.45) is 0. The van der Waals surface area contributed by atoms with Crippen molar-refractivity contribution in [1.29, 1.82) is 0 Å². The maximum absolute atomic E-state index is 9.67. The van der Waals surface area contributed by atoms with Crippen molar-refractivity contribution in [3.63, 3.8) is 0 Å². The molecule has 0 amide bonds. The number of alkyl halides is 3. The van der Waals surface area contributed by atoms with E-state index in [0.717, 1.165) is 0 Å². The first-order valence-corrected chi connectivity index (χ1v) is 9.13. The van der Waals surface area contributed by atoms with Crippen LogP contribution in [-0.2, 0) is 4.18 Å². The predicted molar refractivity (Wildman–Crippen MR) is 95.8 cm³/mol. The molecule has 0 aliphatic rings. The molecule has 132 valence electrons. The van der Waals surface area contributed by atoms with Crippen LogP contribution in [0.25, 0.3) is 0 Å². The smallest absolute Gasteiger partial charge is 0.327 e. The maximum atomic E-state index is 9.67. The summed E-state index contributed by atoms with van der Waals surface area (Å²) in [6, 6.07) is 31.5. The molecule has 3 aromatic rings. The van der Waals surface area contributed by atoms with E-state index in [4.69, 9.17) is 4.18 Å². The van der Waals surface area contributed by atoms with Gasteiger partial charge in [0.05, 0.1) is 0 Å². The fourth-order valence-electron chi connectivity index (χ4n) is 2.53. The molecule has 0 unspecified atom stereocenters. The van der Waals surface area contributed by atoms with Crippen LogP contribution in [0.2, 0.25) is 0 Å². The van der Waals surface area contributed by atoms with Crippen molar-refractivity contribution in [2.24, 2.45) is 0 Å². The Kier molecular flexibility index (Phi) is 7.10. The standard InChI is InChI=1S/C19H18OS.CHF3/c1-20-21(17-11-5-2-6-12-17,18-13-7-3-8-14-18)19-15-9-4-10-16-19;2-1(3)4/h2-16H,1H3;1H. The van der Waals surface area contributed by atoms with Gasteiger partial charge in [-0.25, -0.2) is 0 Å². The molecule has 1 nitrogen and oxygen atoms in total. The molecule has 3 aromatic carbocycles. The van der Waals surface area contributed by atoms with Gasteiger partial charge in [-0.05, 0) is 36.4 Å². The normalized spacial score (nSPS) is 11.6. The van der Waals surface area contributed by atoms with E-state index >= 15 is 0 Å². The van der Waals surface area contributed by atoms with Gasteiger partial charge in [0, 0.05) is 21.8 Å². The van der Waals surface area contributed by atoms with E-state index in [1.165, 1.54) is 14.7 Å². The number of hydrogen-bond donors (Lipinski definition) is 0. The minimum absolute atomic E-state index is 1.21. The van der Waals surface area contributed by atoms with Gasteiger partial charge in [0.1, 0.15) is 0 Å². The summed E-state index contributed by atoms with van der Waals surface area (Å²) in [6.45, 7) is -3.67. The molecule has 0 aromatic heterocycles. The summed E-state index contributed by atoms with van der Waals surface area (Å²) in [5.41, 5.74) is 0. The third-order valence-electron chi connectivity index (χ3n) is 3.48. The highest BCUT2D eigenvalue weighted by molar-refractivity contribution is 8.30. The van der Waals surface area contributed by atoms with Crippen LogP contribution >= 0.6 is 10.3 Å². The molecule has 0 radical (unpaired) electrons. The average Bonchev–Trinajstić information content (AvgIpc) is 2.65. The highest BCUT2D eigenvalue weighted by Gasteiger charge is 2.30. The van der Waals surface area contributed by atoms with Crippen LogP contribution in [0.1, 0.15) is 0 Å². The first kappa shape index (κ1) is 19.1. The van der Waals surface area contributed by atoms with Crippen LogP contribution in [0.4, 0.5) is 13.2 Å². The Morgan fingerprint density at radius 3 is 1.04 bits per heavy atom. The van der Waals surface area contributed by atoms with Crippen molar-refractivity contribution >= 4 is 10.3 Å². The van der Waals surface area contributed by atoms with Crippen molar-refractivity contribution in [2.45, 2.75) is 21.4 Å². The van der Waals surface area contributed by atoms with Crippen molar-refractivity contribution in [3.8, 4) is 0 Å². The lowest BCUT2D eigenvalue weighted by atomic mass is 10.4. The van der Waals surface area contributed by atoms with E-state index in [-0.39, 0.29) is 0 Å². The van der Waals surface area contributed by atoms with Crippen LogP contribution in [0.3, 0.4) is 0 Å². The lowest BCUT2D eigenvalue weighted by Gasteiger charge is -2.39. The van der Waals surface area contributed by atoms with Gasteiger partial charge in [0.2, 0.25) is 0 Å². The zero-order valence-corrected chi connectivity index (χ0v) is 14.5. The first-order chi connectivity index (χ1) is 12.1. The molecule has 0 N–H and O–H groups in total. The molecule has 3 rings (SSSR count). The minimum atomic E-state index is -3.67. The number of halogens is 3. The second kappa shape index (κ2) is 9.30. The fraction of sp³-hybridized carbons (Fsp3) is 0.100. The predicted octanol–water partition coefficient (Wildman–Crippen LogP) is 6.71. The minimum Gasteiger partial charge on any atom is -0.327 e. The SMILES string of the molecule is COS(c1ccccc1)(c1ccccc1)c1ccccc1.FC(F)F. The third-order valence-corrected chi connectivity index (χ3v) is 6.78. The number of benzene rings is 3. The van der Waals surface area contributed by atoms with Gasteiger partial charge >= 0.3 is 6.68 Å². The monoisotopic (exact) mass is 364 g/mol. The van der Waals surface area contributed by atoms with E-state index in [9.17, 15) is 13.2 Å². The third kappa shape index (κ3) is 4.65. The van der Waals surface area contributed by atoms with Crippen molar-refractivity contribution in [3.05, 3.63) is 91.0 Å². The summed E-state index contributed by atoms with van der Waals surface area (Å²) in [4.78, 5) is 3.64. The molecule has 0 heterocycles. The van der Waals surface area contributed by atoms with Crippen LogP contribution in [-0.4, -0.2) is 13.8 Å². The Labute approximate surface area is 147 Å². The Morgan fingerprint density at radius 1 is 0.600 bits per heavy atom. The lowest BCUT2D eigenvalue weighted by molar-refractivity contribution is 0.00819. The van der Waals surface area contributed by atoms with Crippen LogP contribution in [0.15, 0.2) is 106 Å². The summed E-state index contributed by atoms with van der Waals surface area (Å²) in [5.74, 6) is 0. The van der Waals surface area contributed by atoms with E-state index in [1.807, 2.05) is 25.3 Å². The highest BCUT2D eigenvalue weighted by atomic mass is 32.3. The number of rotatable bonds is 4. The topological polar surface area (TPSA) is 9.23 Å². The first-order valence-electron chi connectivity index (χ1n) is 7.57. The van der Waals surface area contributed by atoms with Gasteiger partial charge in [0.15, 0.2) is 0 Å². The van der Waals surface area contributed by atoms with E-state index in [1.54, 1.807) is 0 Å². The van der Waals surface area contributed by atoms with Crippen molar-refractivity contribution in [1.82, 2.24) is 0 Å². The van der Waals surface area contributed by atoms with Gasteiger partial charge in [-0.1, -0.05) is 64.9 Å². The van der Waals surface area contributed by atoms with Crippen LogP contribution in [0, 0.1) is 0 Å². The van der Waals surface area contributed by atoms with E-state index in [2.05, 4.69) is 72.8 Å². The summed E-state index contributed by atoms with van der Waals surface area (Å²) >= 11 is 0. The summed E-state index contributed by atoms with van der Waals surface area (Å²) in [7, 11) is 0.137. The van der Waals surface area contributed by atoms with Crippen LogP contribution in [0.5, 0.6) is 0 Å². The van der Waals surface area contributed by atoms with Gasteiger partial charge in [0.25, 0.3) is 0 Å². The van der Waals surface area contributed by atoms with Crippen molar-refractivity contribution in [2.75, 3.05) is 7.11 Å². The molecular weight excluding hydrogens is 345 g/mol. The Bertz CT molecular complexity index is 637. The molecule has 0 aliphatic carbocycles. The summed E-state index contributed by atoms with van der Waals surface area (Å²) in [5, 5.41) is 0. The quantitative estimate of drug-likeness (QED) is 0.500. The second-order valence-corrected chi connectivity index (χ2v) is 7.77. The molecule has 0 bridgehead atoms. The molecule has 0 saturated carbocycles. The molecular formula is C20H19F3OS. The summed E-state index contributed by atoms with van der Waals surface area (Å²) < 4.78 is 35.2. The Balaban J connectivity index is 0.000000511. The van der Waals surface area contributed by atoms with Crippen LogP contribution < -0.4 is 0 Å². The van der Waals surface area contributed by atoms with Crippen molar-refractivity contribution < 1.29 is 17.4 Å². The van der Waals surface area contributed by atoms with Gasteiger partial charge in [-0.2, -0.15) is 13.2 Å². The second-order valence-electron chi connectivity index (χ2n) is 4.91. The van der Waals surface area contributed by atoms with Gasteiger partial charge < -0.3 is 4.18 Å².